The molecule has 0 amide bonds. The minimum absolute atomic E-state index is 0.541. The van der Waals surface area contributed by atoms with Crippen LogP contribution in [0.2, 0.25) is 5.02 Å². The number of aromatic nitrogens is 2. The molecule has 4 heteroatoms. The highest BCUT2D eigenvalue weighted by Gasteiger charge is 2.24. The molecule has 1 aromatic rings. The third kappa shape index (κ3) is 4.23. The van der Waals surface area contributed by atoms with E-state index >= 15 is 0 Å². The standard InChI is InChI=1S/C17H30ClN3/c1-4-10-19-14(11-13-8-7-9-13)12-16-17(18)15(5-2)20-21(16)6-3/h13-14,19H,4-12H2,1-3H3. The van der Waals surface area contributed by atoms with Crippen molar-refractivity contribution < 1.29 is 0 Å². The highest BCUT2D eigenvalue weighted by Crippen LogP contribution is 2.32. The second kappa shape index (κ2) is 8.19. The maximum absolute atomic E-state index is 6.56. The van der Waals surface area contributed by atoms with Crippen LogP contribution in [-0.2, 0) is 19.4 Å². The van der Waals surface area contributed by atoms with Crippen LogP contribution in [0.5, 0.6) is 0 Å². The van der Waals surface area contributed by atoms with Gasteiger partial charge in [0, 0.05) is 19.0 Å². The van der Waals surface area contributed by atoms with Crippen LogP contribution in [0.15, 0.2) is 0 Å². The van der Waals surface area contributed by atoms with Crippen LogP contribution in [0.3, 0.4) is 0 Å². The largest absolute Gasteiger partial charge is 0.314 e. The second-order valence-electron chi connectivity index (χ2n) is 6.26. The van der Waals surface area contributed by atoms with E-state index in [2.05, 4.69) is 35.9 Å². The Balaban J connectivity index is 2.08. The van der Waals surface area contributed by atoms with Crippen molar-refractivity contribution >= 4 is 11.6 Å². The van der Waals surface area contributed by atoms with Crippen molar-refractivity contribution in [2.45, 2.75) is 78.3 Å². The molecule has 0 saturated heterocycles. The molecule has 1 aliphatic rings. The van der Waals surface area contributed by atoms with Gasteiger partial charge in [0.15, 0.2) is 0 Å². The van der Waals surface area contributed by atoms with Crippen LogP contribution in [0, 0.1) is 5.92 Å². The fourth-order valence-corrected chi connectivity index (χ4v) is 3.51. The Labute approximate surface area is 134 Å². The summed E-state index contributed by atoms with van der Waals surface area (Å²) in [6.07, 6.45) is 8.62. The van der Waals surface area contributed by atoms with Gasteiger partial charge in [-0.1, -0.05) is 44.7 Å². The second-order valence-corrected chi connectivity index (χ2v) is 6.64. The Bertz CT molecular complexity index is 437. The van der Waals surface area contributed by atoms with Gasteiger partial charge in [-0.25, -0.2) is 0 Å². The molecule has 2 rings (SSSR count). The van der Waals surface area contributed by atoms with Crippen molar-refractivity contribution in [1.29, 1.82) is 0 Å². The topological polar surface area (TPSA) is 29.9 Å². The van der Waals surface area contributed by atoms with E-state index in [1.807, 2.05) is 0 Å². The van der Waals surface area contributed by atoms with Crippen molar-refractivity contribution in [3.05, 3.63) is 16.4 Å². The number of hydrogen-bond acceptors (Lipinski definition) is 2. The van der Waals surface area contributed by atoms with E-state index in [0.717, 1.165) is 42.6 Å². The van der Waals surface area contributed by atoms with Gasteiger partial charge < -0.3 is 5.32 Å². The van der Waals surface area contributed by atoms with Crippen molar-refractivity contribution in [3.8, 4) is 0 Å². The van der Waals surface area contributed by atoms with E-state index in [1.165, 1.54) is 37.8 Å². The molecule has 1 fully saturated rings. The number of rotatable bonds is 9. The van der Waals surface area contributed by atoms with E-state index in [9.17, 15) is 0 Å². The minimum Gasteiger partial charge on any atom is -0.314 e. The van der Waals surface area contributed by atoms with Crippen LogP contribution in [0.4, 0.5) is 0 Å². The normalized spacial score (nSPS) is 17.0. The molecule has 1 saturated carbocycles. The first-order valence-corrected chi connectivity index (χ1v) is 9.04. The molecule has 1 atom stereocenters. The van der Waals surface area contributed by atoms with Gasteiger partial charge in [-0.05, 0) is 38.6 Å². The van der Waals surface area contributed by atoms with Gasteiger partial charge in [-0.3, -0.25) is 4.68 Å². The Kier molecular flexibility index (Phi) is 6.56. The lowest BCUT2D eigenvalue weighted by Gasteiger charge is -2.30. The Morgan fingerprint density at radius 3 is 2.62 bits per heavy atom. The first-order valence-electron chi connectivity index (χ1n) is 8.66. The number of aryl methyl sites for hydroxylation is 2. The van der Waals surface area contributed by atoms with Gasteiger partial charge in [0.25, 0.3) is 0 Å². The Hall–Kier alpha value is -0.540. The average Bonchev–Trinajstić information content (AvgIpc) is 2.75. The molecule has 1 unspecified atom stereocenters. The molecule has 0 aliphatic heterocycles. The molecule has 1 N–H and O–H groups in total. The van der Waals surface area contributed by atoms with E-state index in [4.69, 9.17) is 11.6 Å². The van der Waals surface area contributed by atoms with E-state index in [-0.39, 0.29) is 0 Å². The first kappa shape index (κ1) is 16.8. The maximum atomic E-state index is 6.56. The quantitative estimate of drug-likeness (QED) is 0.740. The summed E-state index contributed by atoms with van der Waals surface area (Å²) in [5, 5.41) is 9.27. The molecule has 0 radical (unpaired) electrons. The van der Waals surface area contributed by atoms with Crippen molar-refractivity contribution in [3.63, 3.8) is 0 Å². The zero-order chi connectivity index (χ0) is 15.2. The highest BCUT2D eigenvalue weighted by atomic mass is 35.5. The van der Waals surface area contributed by atoms with Crippen LogP contribution in [0.1, 0.15) is 64.3 Å². The average molecular weight is 312 g/mol. The van der Waals surface area contributed by atoms with Gasteiger partial charge in [-0.15, -0.1) is 0 Å². The molecule has 0 spiro atoms. The van der Waals surface area contributed by atoms with Crippen molar-refractivity contribution in [2.75, 3.05) is 6.54 Å². The Morgan fingerprint density at radius 1 is 1.33 bits per heavy atom. The van der Waals surface area contributed by atoms with Crippen LogP contribution in [0.25, 0.3) is 0 Å². The minimum atomic E-state index is 0.541. The SMILES string of the molecule is CCCNC(Cc1c(Cl)c(CC)nn1CC)CC1CCC1. The van der Waals surface area contributed by atoms with E-state index in [1.54, 1.807) is 0 Å². The van der Waals surface area contributed by atoms with Crippen molar-refractivity contribution in [2.24, 2.45) is 5.92 Å². The molecule has 1 aromatic heterocycles. The molecule has 1 heterocycles. The molecule has 21 heavy (non-hydrogen) atoms. The Morgan fingerprint density at radius 2 is 2.10 bits per heavy atom. The predicted molar refractivity (Wildman–Crippen MR) is 90.0 cm³/mol. The molecule has 3 nitrogen and oxygen atoms in total. The van der Waals surface area contributed by atoms with Gasteiger partial charge in [0.05, 0.1) is 16.4 Å². The smallest absolute Gasteiger partial charge is 0.0850 e. The maximum Gasteiger partial charge on any atom is 0.0850 e. The summed E-state index contributed by atoms with van der Waals surface area (Å²) in [5.74, 6) is 0.918. The summed E-state index contributed by atoms with van der Waals surface area (Å²) in [4.78, 5) is 0. The lowest BCUT2D eigenvalue weighted by atomic mass is 9.80. The fourth-order valence-electron chi connectivity index (χ4n) is 3.16. The summed E-state index contributed by atoms with van der Waals surface area (Å²) in [7, 11) is 0. The first-order chi connectivity index (χ1) is 10.2. The van der Waals surface area contributed by atoms with Gasteiger partial charge in [0.1, 0.15) is 0 Å². The highest BCUT2D eigenvalue weighted by molar-refractivity contribution is 6.31. The van der Waals surface area contributed by atoms with Crippen molar-refractivity contribution in [1.82, 2.24) is 15.1 Å². The molecule has 0 bridgehead atoms. The number of hydrogen-bond donors (Lipinski definition) is 1. The summed E-state index contributed by atoms with van der Waals surface area (Å²) >= 11 is 6.56. The van der Waals surface area contributed by atoms with Crippen LogP contribution in [-0.4, -0.2) is 22.4 Å². The summed E-state index contributed by atoms with van der Waals surface area (Å²) in [6, 6.07) is 0.541. The van der Waals surface area contributed by atoms with Gasteiger partial charge in [-0.2, -0.15) is 5.10 Å². The summed E-state index contributed by atoms with van der Waals surface area (Å²) in [6.45, 7) is 8.49. The predicted octanol–water partition coefficient (Wildman–Crippen LogP) is 4.22. The summed E-state index contributed by atoms with van der Waals surface area (Å²) in [5.41, 5.74) is 2.27. The van der Waals surface area contributed by atoms with E-state index < -0.39 is 0 Å². The zero-order valence-electron chi connectivity index (χ0n) is 13.8. The number of nitrogens with zero attached hydrogens (tertiary/aromatic N) is 2. The van der Waals surface area contributed by atoms with Crippen LogP contribution < -0.4 is 5.32 Å². The van der Waals surface area contributed by atoms with Gasteiger partial charge >= 0.3 is 0 Å². The summed E-state index contributed by atoms with van der Waals surface area (Å²) < 4.78 is 2.10. The fraction of sp³-hybridized carbons (Fsp3) is 0.824. The zero-order valence-corrected chi connectivity index (χ0v) is 14.5. The third-order valence-electron chi connectivity index (χ3n) is 4.66. The molecular formula is C17H30ClN3. The van der Waals surface area contributed by atoms with Crippen LogP contribution >= 0.6 is 11.6 Å². The third-order valence-corrected chi connectivity index (χ3v) is 5.10. The molecular weight excluding hydrogens is 282 g/mol. The number of nitrogens with one attached hydrogen (secondary N) is 1. The molecule has 120 valence electrons. The monoisotopic (exact) mass is 311 g/mol. The lowest BCUT2D eigenvalue weighted by Crippen LogP contribution is -2.35. The van der Waals surface area contributed by atoms with E-state index in [0.29, 0.717) is 6.04 Å². The molecule has 1 aliphatic carbocycles. The van der Waals surface area contributed by atoms with Gasteiger partial charge in [0.2, 0.25) is 0 Å². The number of halogens is 1. The lowest BCUT2D eigenvalue weighted by molar-refractivity contribution is 0.257. The molecule has 0 aromatic carbocycles.